The van der Waals surface area contributed by atoms with Gasteiger partial charge in [0.1, 0.15) is 0 Å². The van der Waals surface area contributed by atoms with Crippen LogP contribution in [0.1, 0.15) is 68.9 Å². The smallest absolute Gasteiger partial charge is 0.0761 e. The number of hydrogen-bond donors (Lipinski definition) is 1. The summed E-state index contributed by atoms with van der Waals surface area (Å²) in [6.07, 6.45) is 2.69. The van der Waals surface area contributed by atoms with Crippen molar-refractivity contribution in [3.8, 4) is 0 Å². The van der Waals surface area contributed by atoms with Crippen LogP contribution in [-0.2, 0) is 6.42 Å². The highest BCUT2D eigenvalue weighted by atomic mass is 16.3. The number of hydrogen-bond acceptors (Lipinski definition) is 1. The molecule has 0 aliphatic carbocycles. The Morgan fingerprint density at radius 3 is 1.57 bits per heavy atom. The summed E-state index contributed by atoms with van der Waals surface area (Å²) < 4.78 is 0. The summed E-state index contributed by atoms with van der Waals surface area (Å²) in [7, 11) is 0. The second-order valence-corrected chi connectivity index (χ2v) is 6.01. The molecule has 0 amide bonds. The third kappa shape index (κ3) is 4.11. The van der Waals surface area contributed by atoms with E-state index in [9.17, 15) is 5.11 Å². The van der Waals surface area contributed by atoms with Crippen LogP contribution in [0.3, 0.4) is 0 Å². The van der Waals surface area contributed by atoms with Gasteiger partial charge < -0.3 is 5.11 Å². The number of aliphatic hydroxyl groups excluding tert-OH is 1. The van der Waals surface area contributed by atoms with Crippen molar-refractivity contribution in [1.29, 1.82) is 0 Å². The van der Waals surface area contributed by atoms with Crippen LogP contribution >= 0.6 is 0 Å². The van der Waals surface area contributed by atoms with Crippen LogP contribution in [0.15, 0.2) is 48.5 Å². The van der Waals surface area contributed by atoms with Gasteiger partial charge in [-0.1, -0.05) is 69.3 Å². The van der Waals surface area contributed by atoms with Gasteiger partial charge in [-0.2, -0.15) is 0 Å². The van der Waals surface area contributed by atoms with Crippen LogP contribution in [-0.4, -0.2) is 5.11 Å². The van der Waals surface area contributed by atoms with E-state index in [4.69, 9.17) is 0 Å². The summed E-state index contributed by atoms with van der Waals surface area (Å²) in [5.74, 6) is 0. The molecule has 0 bridgehead atoms. The van der Waals surface area contributed by atoms with Gasteiger partial charge >= 0.3 is 0 Å². The molecule has 0 aromatic heterocycles. The highest BCUT2D eigenvalue weighted by Crippen LogP contribution is 2.32. The lowest BCUT2D eigenvalue weighted by atomic mass is 9.90. The first kappa shape index (κ1) is 17.5. The molecule has 0 heterocycles. The summed E-state index contributed by atoms with van der Waals surface area (Å²) in [4.78, 5) is 0. The van der Waals surface area contributed by atoms with Gasteiger partial charge in [0.05, 0.1) is 6.10 Å². The van der Waals surface area contributed by atoms with Crippen LogP contribution in [0.25, 0.3) is 11.1 Å². The number of allylic oxidation sites excluding steroid dienone is 2. The molecule has 0 saturated carbocycles. The van der Waals surface area contributed by atoms with Gasteiger partial charge in [0.2, 0.25) is 0 Å². The summed E-state index contributed by atoms with van der Waals surface area (Å²) in [6, 6.07) is 17.3. The highest BCUT2D eigenvalue weighted by molar-refractivity contribution is 5.90. The lowest BCUT2D eigenvalue weighted by Gasteiger charge is -2.15. The molecular formula is C22H28O. The minimum Gasteiger partial charge on any atom is -0.389 e. The molecule has 2 aromatic carbocycles. The van der Waals surface area contributed by atoms with E-state index in [-0.39, 0.29) is 0 Å². The third-order valence-corrected chi connectivity index (χ3v) is 4.52. The monoisotopic (exact) mass is 308 g/mol. The fraction of sp³-hybridized carbons (Fsp3) is 0.364. The topological polar surface area (TPSA) is 20.2 Å². The molecule has 0 spiro atoms. The van der Waals surface area contributed by atoms with Crippen molar-refractivity contribution in [2.75, 3.05) is 0 Å². The van der Waals surface area contributed by atoms with Gasteiger partial charge in [-0.3, -0.25) is 0 Å². The van der Waals surface area contributed by atoms with Crippen LogP contribution < -0.4 is 0 Å². The van der Waals surface area contributed by atoms with Crippen LogP contribution in [0.4, 0.5) is 0 Å². The lowest BCUT2D eigenvalue weighted by molar-refractivity contribution is 0.199. The molecule has 0 radical (unpaired) electrons. The maximum absolute atomic E-state index is 9.68. The fourth-order valence-electron chi connectivity index (χ4n) is 3.09. The first-order valence-electron chi connectivity index (χ1n) is 8.70. The van der Waals surface area contributed by atoms with Crippen molar-refractivity contribution in [3.05, 3.63) is 70.8 Å². The first-order chi connectivity index (χ1) is 11.1. The van der Waals surface area contributed by atoms with Crippen molar-refractivity contribution in [2.45, 2.75) is 53.1 Å². The summed E-state index contributed by atoms with van der Waals surface area (Å²) in [6.45, 7) is 8.43. The SMILES string of the molecule is CC/C(=C(/CC)c1ccc(C(C)O)cc1)c1ccc(CC)cc1. The minimum atomic E-state index is -0.412. The van der Waals surface area contributed by atoms with Crippen molar-refractivity contribution in [2.24, 2.45) is 0 Å². The predicted octanol–water partition coefficient (Wildman–Crippen LogP) is 6.03. The van der Waals surface area contributed by atoms with Gasteiger partial charge in [-0.15, -0.1) is 0 Å². The van der Waals surface area contributed by atoms with E-state index in [0.29, 0.717) is 0 Å². The van der Waals surface area contributed by atoms with E-state index >= 15 is 0 Å². The zero-order chi connectivity index (χ0) is 16.8. The van der Waals surface area contributed by atoms with Gasteiger partial charge in [-0.25, -0.2) is 0 Å². The zero-order valence-corrected chi connectivity index (χ0v) is 14.8. The van der Waals surface area contributed by atoms with Crippen LogP contribution in [0, 0.1) is 0 Å². The second-order valence-electron chi connectivity index (χ2n) is 6.01. The second kappa shape index (κ2) is 8.12. The molecule has 0 fully saturated rings. The number of benzene rings is 2. The average Bonchev–Trinajstić information content (AvgIpc) is 2.60. The van der Waals surface area contributed by atoms with Gasteiger partial charge in [0.15, 0.2) is 0 Å². The molecule has 122 valence electrons. The van der Waals surface area contributed by atoms with Gasteiger partial charge in [-0.05, 0) is 59.6 Å². The summed E-state index contributed by atoms with van der Waals surface area (Å²) in [5, 5.41) is 9.68. The standard InChI is InChI=1S/C22H28O/c1-5-17-8-10-19(11-9-17)21(6-2)22(7-3)20-14-12-18(13-15-20)16(4)23/h8-16,23H,5-7H2,1-4H3/b22-21+. The van der Waals surface area contributed by atoms with E-state index < -0.39 is 6.10 Å². The van der Waals surface area contributed by atoms with Crippen LogP contribution in [0.5, 0.6) is 0 Å². The quantitative estimate of drug-likeness (QED) is 0.646. The van der Waals surface area contributed by atoms with Crippen LogP contribution in [0.2, 0.25) is 0 Å². The van der Waals surface area contributed by atoms with E-state index in [2.05, 4.69) is 57.2 Å². The number of aliphatic hydroxyl groups is 1. The molecule has 1 unspecified atom stereocenters. The maximum atomic E-state index is 9.68. The fourth-order valence-corrected chi connectivity index (χ4v) is 3.09. The van der Waals surface area contributed by atoms with Crippen molar-refractivity contribution >= 4 is 11.1 Å². The Hall–Kier alpha value is -1.86. The van der Waals surface area contributed by atoms with E-state index in [0.717, 1.165) is 24.8 Å². The van der Waals surface area contributed by atoms with E-state index in [1.165, 1.54) is 27.8 Å². The Morgan fingerprint density at radius 1 is 0.783 bits per heavy atom. The Balaban J connectivity index is 2.45. The maximum Gasteiger partial charge on any atom is 0.0761 e. The molecule has 2 rings (SSSR count). The average molecular weight is 308 g/mol. The Morgan fingerprint density at radius 2 is 1.22 bits per heavy atom. The highest BCUT2D eigenvalue weighted by Gasteiger charge is 2.10. The zero-order valence-electron chi connectivity index (χ0n) is 14.8. The third-order valence-electron chi connectivity index (χ3n) is 4.52. The molecule has 1 N–H and O–H groups in total. The molecule has 1 nitrogen and oxygen atoms in total. The van der Waals surface area contributed by atoms with E-state index in [1.807, 2.05) is 12.1 Å². The minimum absolute atomic E-state index is 0.412. The number of aryl methyl sites for hydroxylation is 1. The van der Waals surface area contributed by atoms with Crippen molar-refractivity contribution < 1.29 is 5.11 Å². The molecule has 0 saturated heterocycles. The molecule has 23 heavy (non-hydrogen) atoms. The predicted molar refractivity (Wildman–Crippen MR) is 100 cm³/mol. The molecule has 1 heteroatoms. The molecule has 0 aliphatic rings. The van der Waals surface area contributed by atoms with Crippen molar-refractivity contribution in [1.82, 2.24) is 0 Å². The lowest BCUT2D eigenvalue weighted by Crippen LogP contribution is -1.94. The van der Waals surface area contributed by atoms with Gasteiger partial charge in [0.25, 0.3) is 0 Å². The number of rotatable bonds is 6. The normalized spacial score (nSPS) is 13.6. The summed E-state index contributed by atoms with van der Waals surface area (Å²) in [5.41, 5.74) is 7.74. The Kier molecular flexibility index (Phi) is 6.18. The summed E-state index contributed by atoms with van der Waals surface area (Å²) >= 11 is 0. The molecule has 1 atom stereocenters. The molecular weight excluding hydrogens is 280 g/mol. The van der Waals surface area contributed by atoms with E-state index in [1.54, 1.807) is 6.92 Å². The molecule has 2 aromatic rings. The molecule has 0 aliphatic heterocycles. The van der Waals surface area contributed by atoms with Gasteiger partial charge in [0, 0.05) is 0 Å². The first-order valence-corrected chi connectivity index (χ1v) is 8.70. The largest absolute Gasteiger partial charge is 0.389 e. The Bertz CT molecular complexity index is 645. The Labute approximate surface area is 140 Å². The van der Waals surface area contributed by atoms with Crippen molar-refractivity contribution in [3.63, 3.8) is 0 Å².